The van der Waals surface area contributed by atoms with Crippen LogP contribution in [0.1, 0.15) is 51.4 Å². The smallest absolute Gasteiger partial charge is 0.327 e. The van der Waals surface area contributed by atoms with Crippen LogP contribution in [0.25, 0.3) is 0 Å². The lowest BCUT2D eigenvalue weighted by Gasteiger charge is -2.24. The van der Waals surface area contributed by atoms with Crippen LogP contribution in [0, 0.1) is 0 Å². The van der Waals surface area contributed by atoms with Crippen molar-refractivity contribution in [3.63, 3.8) is 0 Å². The zero-order valence-corrected chi connectivity index (χ0v) is 23.7. The molecular formula is C23H46N10O6S. The van der Waals surface area contributed by atoms with Gasteiger partial charge in [0.1, 0.15) is 18.1 Å². The highest BCUT2D eigenvalue weighted by Gasteiger charge is 2.29. The predicted octanol–water partition coefficient (Wildman–Crippen LogP) is -3.79. The van der Waals surface area contributed by atoms with Crippen molar-refractivity contribution in [2.24, 2.45) is 33.7 Å². The van der Waals surface area contributed by atoms with E-state index in [0.29, 0.717) is 51.7 Å². The molecule has 0 radical (unpaired) electrons. The molecule has 40 heavy (non-hydrogen) atoms. The first-order chi connectivity index (χ1) is 19.0. The van der Waals surface area contributed by atoms with E-state index in [1.807, 2.05) is 0 Å². The fourth-order valence-corrected chi connectivity index (χ4v) is 3.70. The number of carbonyl (C=O) groups excluding carboxylic acids is 4. The van der Waals surface area contributed by atoms with Gasteiger partial charge in [0.05, 0.1) is 12.6 Å². The van der Waals surface area contributed by atoms with Crippen molar-refractivity contribution >= 4 is 48.2 Å². The molecule has 230 valence electrons. The molecule has 4 unspecified atom stereocenters. The Bertz CT molecular complexity index is 843. The molecule has 17 heteroatoms. The Hall–Kier alpha value is -3.15. The summed E-state index contributed by atoms with van der Waals surface area (Å²) in [6, 6.07) is -4.22. The average molecular weight is 591 g/mol. The molecule has 16 nitrogen and oxygen atoms in total. The van der Waals surface area contributed by atoms with Gasteiger partial charge >= 0.3 is 5.97 Å². The van der Waals surface area contributed by atoms with E-state index in [2.05, 4.69) is 38.9 Å². The number of carboxylic acids is 1. The summed E-state index contributed by atoms with van der Waals surface area (Å²) in [5, 5.41) is 19.2. The first-order valence-corrected chi connectivity index (χ1v) is 13.8. The molecule has 0 aliphatic heterocycles. The molecule has 0 spiro atoms. The number of thiol groups is 1. The van der Waals surface area contributed by atoms with Crippen molar-refractivity contribution in [1.29, 1.82) is 0 Å². The number of unbranched alkanes of at least 4 members (excludes halogenated alkanes) is 2. The van der Waals surface area contributed by atoms with Crippen molar-refractivity contribution in [2.45, 2.75) is 75.5 Å². The summed E-state index contributed by atoms with van der Waals surface area (Å²) in [4.78, 5) is 65.8. The van der Waals surface area contributed by atoms with Gasteiger partial charge in [0.2, 0.25) is 23.6 Å². The molecule has 0 saturated heterocycles. The Balaban J connectivity index is 5.23. The molecule has 4 amide bonds. The molecule has 0 aromatic carbocycles. The van der Waals surface area contributed by atoms with E-state index >= 15 is 0 Å². The van der Waals surface area contributed by atoms with Gasteiger partial charge in [0.25, 0.3) is 0 Å². The maximum absolute atomic E-state index is 13.1. The Morgan fingerprint density at radius 1 is 0.750 bits per heavy atom. The normalized spacial score (nSPS) is 13.7. The van der Waals surface area contributed by atoms with Crippen molar-refractivity contribution in [3.8, 4) is 0 Å². The SMILES string of the molecule is NCCCCC(NC(=O)CNC(=O)C(N)CCCN=C(N)N)C(=O)NC(CCCCN)C(=O)NC(CS)C(=O)O. The topological polar surface area (TPSA) is 296 Å². The molecular weight excluding hydrogens is 544 g/mol. The lowest BCUT2D eigenvalue weighted by atomic mass is 10.0. The van der Waals surface area contributed by atoms with Gasteiger partial charge in [0, 0.05) is 12.3 Å². The maximum Gasteiger partial charge on any atom is 0.327 e. The highest BCUT2D eigenvalue weighted by molar-refractivity contribution is 7.80. The molecule has 0 aliphatic carbocycles. The Kier molecular flexibility index (Phi) is 19.9. The summed E-state index contributed by atoms with van der Waals surface area (Å²) in [6.07, 6.45) is 3.35. The van der Waals surface area contributed by atoms with Gasteiger partial charge < -0.3 is 55.0 Å². The van der Waals surface area contributed by atoms with Crippen molar-refractivity contribution in [2.75, 3.05) is 31.9 Å². The summed E-state index contributed by atoms with van der Waals surface area (Å²) < 4.78 is 0. The van der Waals surface area contributed by atoms with E-state index in [1.165, 1.54) is 0 Å². The average Bonchev–Trinajstić information content (AvgIpc) is 2.90. The van der Waals surface area contributed by atoms with Crippen LogP contribution in [0.2, 0.25) is 0 Å². The van der Waals surface area contributed by atoms with Gasteiger partial charge in [-0.15, -0.1) is 0 Å². The van der Waals surface area contributed by atoms with Crippen molar-refractivity contribution in [1.82, 2.24) is 21.3 Å². The number of carboxylic acid groups (broad SMARTS) is 1. The molecule has 0 fully saturated rings. The number of aliphatic imine (C=N–C) groups is 1. The standard InChI is InChI=1S/C23H46N10O6S/c24-9-3-1-7-15(31-18(34)12-30-19(35)14(26)6-5-11-29-23(27)28)20(36)32-16(8-2-4-10-25)21(37)33-17(13-40)22(38)39/h14-17,40H,1-13,24-26H2,(H,30,35)(H,31,34)(H,32,36)(H,33,37)(H,38,39)(H4,27,28,29). The van der Waals surface area contributed by atoms with Crippen LogP contribution in [0.5, 0.6) is 0 Å². The highest BCUT2D eigenvalue weighted by Crippen LogP contribution is 2.06. The second-order valence-electron chi connectivity index (χ2n) is 9.11. The van der Waals surface area contributed by atoms with Crippen molar-refractivity contribution < 1.29 is 29.1 Å². The van der Waals surface area contributed by atoms with Crippen LogP contribution in [0.4, 0.5) is 0 Å². The van der Waals surface area contributed by atoms with Gasteiger partial charge in [-0.1, -0.05) is 0 Å². The number of carbonyl (C=O) groups is 5. The number of hydrogen-bond acceptors (Lipinski definition) is 10. The predicted molar refractivity (Wildman–Crippen MR) is 154 cm³/mol. The second kappa shape index (κ2) is 21.6. The molecule has 0 aromatic heterocycles. The summed E-state index contributed by atoms with van der Waals surface area (Å²) in [6.45, 7) is 0.633. The molecule has 0 heterocycles. The molecule has 4 atom stereocenters. The number of aliphatic carboxylic acids is 1. The van der Waals surface area contributed by atoms with Crippen LogP contribution >= 0.6 is 12.6 Å². The fourth-order valence-electron chi connectivity index (χ4n) is 3.45. The van der Waals surface area contributed by atoms with E-state index in [1.54, 1.807) is 0 Å². The zero-order chi connectivity index (χ0) is 30.5. The van der Waals surface area contributed by atoms with Gasteiger partial charge in [-0.25, -0.2) is 4.79 Å². The van der Waals surface area contributed by atoms with E-state index < -0.39 is 60.3 Å². The minimum absolute atomic E-state index is 0.0654. The van der Waals surface area contributed by atoms with E-state index in [4.69, 9.17) is 28.7 Å². The fraction of sp³-hybridized carbons (Fsp3) is 0.739. The zero-order valence-electron chi connectivity index (χ0n) is 22.8. The Morgan fingerprint density at radius 3 is 1.75 bits per heavy atom. The van der Waals surface area contributed by atoms with Gasteiger partial charge in [-0.05, 0) is 64.5 Å². The number of hydrogen-bond donors (Lipinski definition) is 11. The molecule has 15 N–H and O–H groups in total. The second-order valence-corrected chi connectivity index (χ2v) is 9.47. The summed E-state index contributed by atoms with van der Waals surface area (Å²) in [7, 11) is 0. The van der Waals surface area contributed by atoms with Crippen molar-refractivity contribution in [3.05, 3.63) is 0 Å². The maximum atomic E-state index is 13.1. The van der Waals surface area contributed by atoms with Gasteiger partial charge in [0.15, 0.2) is 5.96 Å². The molecule has 0 aromatic rings. The first kappa shape index (κ1) is 36.8. The molecule has 0 bridgehead atoms. The molecule has 0 rings (SSSR count). The molecule has 0 saturated carbocycles. The number of nitrogens with two attached hydrogens (primary N) is 5. The van der Waals surface area contributed by atoms with Gasteiger partial charge in [-0.3, -0.25) is 24.2 Å². The lowest BCUT2D eigenvalue weighted by Crippen LogP contribution is -2.56. The number of nitrogens with one attached hydrogen (secondary N) is 4. The van der Waals surface area contributed by atoms with Crippen LogP contribution in [0.3, 0.4) is 0 Å². The number of rotatable bonds is 22. The lowest BCUT2D eigenvalue weighted by molar-refractivity contribution is -0.141. The van der Waals surface area contributed by atoms with Crippen LogP contribution in [-0.2, 0) is 24.0 Å². The Labute approximate surface area is 239 Å². The summed E-state index contributed by atoms with van der Waals surface area (Å²) in [5.74, 6) is -4.01. The third kappa shape index (κ3) is 16.7. The number of nitrogens with zero attached hydrogens (tertiary/aromatic N) is 1. The Morgan fingerprint density at radius 2 is 1.27 bits per heavy atom. The third-order valence-corrected chi connectivity index (χ3v) is 6.07. The summed E-state index contributed by atoms with van der Waals surface area (Å²) in [5.41, 5.74) is 27.4. The van der Waals surface area contributed by atoms with Gasteiger partial charge in [-0.2, -0.15) is 12.6 Å². The van der Waals surface area contributed by atoms with Crippen LogP contribution in [0.15, 0.2) is 4.99 Å². The van der Waals surface area contributed by atoms with Crippen LogP contribution in [-0.4, -0.2) is 96.8 Å². The van der Waals surface area contributed by atoms with E-state index in [0.717, 1.165) is 0 Å². The third-order valence-electron chi connectivity index (χ3n) is 5.70. The van der Waals surface area contributed by atoms with E-state index in [-0.39, 0.29) is 31.0 Å². The summed E-state index contributed by atoms with van der Waals surface area (Å²) >= 11 is 3.94. The number of amides is 4. The largest absolute Gasteiger partial charge is 0.480 e. The minimum Gasteiger partial charge on any atom is -0.480 e. The first-order valence-electron chi connectivity index (χ1n) is 13.2. The van der Waals surface area contributed by atoms with E-state index in [9.17, 15) is 29.1 Å². The highest BCUT2D eigenvalue weighted by atomic mass is 32.1. The quantitative estimate of drug-likeness (QED) is 0.0251. The van der Waals surface area contributed by atoms with Crippen LogP contribution < -0.4 is 49.9 Å². The number of guanidine groups is 1. The molecule has 0 aliphatic rings. The minimum atomic E-state index is -1.27. The monoisotopic (exact) mass is 590 g/mol.